The number of anilines is 1. The van der Waals surface area contributed by atoms with Crippen LogP contribution in [0.15, 0.2) is 64.8 Å². The lowest BCUT2D eigenvalue weighted by Crippen LogP contribution is -2.07. The molecule has 132 valence electrons. The maximum Gasteiger partial charge on any atom is 0.198 e. The largest absolute Gasteiger partial charge is 0.380 e. The first-order chi connectivity index (χ1) is 13.7. The lowest BCUT2D eigenvalue weighted by molar-refractivity contribution is 0.104. The molecule has 0 unspecified atom stereocenters. The van der Waals surface area contributed by atoms with Gasteiger partial charge in [0.2, 0.25) is 0 Å². The van der Waals surface area contributed by atoms with Crippen molar-refractivity contribution in [1.29, 1.82) is 5.26 Å². The Kier molecular flexibility index (Phi) is 3.29. The van der Waals surface area contributed by atoms with Crippen LogP contribution in [0.5, 0.6) is 0 Å². The van der Waals surface area contributed by atoms with E-state index in [1.54, 1.807) is 30.3 Å². The van der Waals surface area contributed by atoms with E-state index in [0.29, 0.717) is 22.5 Å². The van der Waals surface area contributed by atoms with Crippen LogP contribution in [0.3, 0.4) is 0 Å². The van der Waals surface area contributed by atoms with E-state index in [-0.39, 0.29) is 34.2 Å². The summed E-state index contributed by atoms with van der Waals surface area (Å²) in [7, 11) is 0. The van der Waals surface area contributed by atoms with E-state index < -0.39 is 0 Å². The Labute approximate surface area is 158 Å². The summed E-state index contributed by atoms with van der Waals surface area (Å²) < 4.78 is 1.26. The Bertz CT molecular complexity index is 1350. The van der Waals surface area contributed by atoms with Gasteiger partial charge in [-0.3, -0.25) is 4.79 Å². The van der Waals surface area contributed by atoms with Crippen molar-refractivity contribution in [2.45, 2.75) is 0 Å². The van der Waals surface area contributed by atoms with Crippen LogP contribution in [0, 0.1) is 11.3 Å². The Morgan fingerprint density at radius 1 is 1.00 bits per heavy atom. The van der Waals surface area contributed by atoms with Crippen LogP contribution in [0.2, 0.25) is 0 Å². The van der Waals surface area contributed by atoms with Crippen LogP contribution in [-0.2, 0) is 0 Å². The van der Waals surface area contributed by atoms with Crippen molar-refractivity contribution in [2.24, 2.45) is 10.2 Å². The Morgan fingerprint density at radius 2 is 1.71 bits per heavy atom. The Morgan fingerprint density at radius 3 is 2.46 bits per heavy atom. The van der Waals surface area contributed by atoms with Crippen LogP contribution in [0.4, 0.5) is 17.2 Å². The molecule has 2 aromatic carbocycles. The van der Waals surface area contributed by atoms with Crippen molar-refractivity contribution in [2.75, 3.05) is 5.73 Å². The van der Waals surface area contributed by atoms with Gasteiger partial charge in [-0.1, -0.05) is 42.5 Å². The van der Waals surface area contributed by atoms with Gasteiger partial charge in [0.1, 0.15) is 6.07 Å². The second kappa shape index (κ2) is 5.82. The molecule has 0 saturated carbocycles. The molecule has 8 heteroatoms. The van der Waals surface area contributed by atoms with E-state index in [1.165, 1.54) is 4.52 Å². The van der Waals surface area contributed by atoms with Gasteiger partial charge < -0.3 is 5.73 Å². The van der Waals surface area contributed by atoms with Crippen molar-refractivity contribution < 1.29 is 4.79 Å². The minimum Gasteiger partial charge on any atom is -0.380 e. The zero-order valence-corrected chi connectivity index (χ0v) is 14.4. The number of carbonyl (C=O) groups excluding carboxylic acids is 1. The number of fused-ring (bicyclic) bond motifs is 4. The maximum atomic E-state index is 12.8. The van der Waals surface area contributed by atoms with E-state index in [4.69, 9.17) is 5.73 Å². The number of hydrogen-bond acceptors (Lipinski definition) is 7. The number of nitrogens with zero attached hydrogens (tertiary/aromatic N) is 6. The Hall–Kier alpha value is -4.38. The molecule has 4 aromatic rings. The molecular formula is C20H11N7O. The first-order valence-electron chi connectivity index (χ1n) is 8.42. The number of benzene rings is 2. The van der Waals surface area contributed by atoms with Gasteiger partial charge in [0.05, 0.1) is 16.9 Å². The standard InChI is InChI=1S/C20H11N7O/c21-10-14-15-16(12-8-4-5-9-13(12)18(15)28)23-20-17(19(22)26-27(14)20)25-24-11-6-2-1-3-7-11/h1-9H,(H2,22,26). The fraction of sp³-hybridized carbons (Fsp3) is 0. The number of nitriles is 1. The number of carbonyl (C=O) groups is 1. The molecule has 2 aromatic heterocycles. The van der Waals surface area contributed by atoms with E-state index in [2.05, 4.69) is 26.4 Å². The zero-order valence-electron chi connectivity index (χ0n) is 14.4. The average Bonchev–Trinajstić information content (AvgIpc) is 3.20. The fourth-order valence-corrected chi connectivity index (χ4v) is 3.29. The second-order valence-corrected chi connectivity index (χ2v) is 6.18. The highest BCUT2D eigenvalue weighted by Crippen LogP contribution is 2.39. The molecule has 1 aliphatic carbocycles. The molecule has 5 rings (SSSR count). The van der Waals surface area contributed by atoms with E-state index in [1.807, 2.05) is 24.3 Å². The fourth-order valence-electron chi connectivity index (χ4n) is 3.29. The smallest absolute Gasteiger partial charge is 0.198 e. The summed E-state index contributed by atoms with van der Waals surface area (Å²) in [4.78, 5) is 17.4. The first-order valence-corrected chi connectivity index (χ1v) is 8.42. The number of azo groups is 1. The monoisotopic (exact) mass is 365 g/mol. The summed E-state index contributed by atoms with van der Waals surface area (Å²) in [5.74, 6) is -0.175. The summed E-state index contributed by atoms with van der Waals surface area (Å²) >= 11 is 0. The van der Waals surface area contributed by atoms with Gasteiger partial charge in [-0.25, -0.2) is 4.98 Å². The molecule has 0 bridgehead atoms. The van der Waals surface area contributed by atoms with E-state index in [9.17, 15) is 10.1 Å². The predicted octanol–water partition coefficient (Wildman–Crippen LogP) is 3.81. The zero-order chi connectivity index (χ0) is 19.3. The van der Waals surface area contributed by atoms with Crippen molar-refractivity contribution in [3.63, 3.8) is 0 Å². The van der Waals surface area contributed by atoms with Gasteiger partial charge in [0.25, 0.3) is 0 Å². The SMILES string of the molecule is N#Cc1c2c(nc3c(N=Nc4ccccc4)c(N)nn13)-c1ccccc1C2=O. The molecule has 0 fully saturated rings. The van der Waals surface area contributed by atoms with Crippen molar-refractivity contribution >= 4 is 28.6 Å². The van der Waals surface area contributed by atoms with Gasteiger partial charge in [-0.15, -0.1) is 10.2 Å². The van der Waals surface area contributed by atoms with Gasteiger partial charge in [-0.05, 0) is 12.1 Å². The maximum absolute atomic E-state index is 12.8. The molecule has 0 saturated heterocycles. The molecule has 2 heterocycles. The van der Waals surface area contributed by atoms with Crippen LogP contribution in [0.25, 0.3) is 16.9 Å². The van der Waals surface area contributed by atoms with Gasteiger partial charge in [-0.2, -0.15) is 14.9 Å². The molecule has 2 N–H and O–H groups in total. The molecule has 0 amide bonds. The van der Waals surface area contributed by atoms with Gasteiger partial charge in [0, 0.05) is 11.1 Å². The molecule has 0 aliphatic heterocycles. The number of nitrogens with two attached hydrogens (primary N) is 1. The first kappa shape index (κ1) is 15.8. The minimum absolute atomic E-state index is 0.0769. The van der Waals surface area contributed by atoms with Gasteiger partial charge >= 0.3 is 0 Å². The third-order valence-electron chi connectivity index (χ3n) is 4.55. The van der Waals surface area contributed by atoms with Crippen LogP contribution >= 0.6 is 0 Å². The summed E-state index contributed by atoms with van der Waals surface area (Å²) in [5, 5.41) is 22.3. The van der Waals surface area contributed by atoms with E-state index in [0.717, 1.165) is 0 Å². The highest BCUT2D eigenvalue weighted by molar-refractivity contribution is 6.22. The number of hydrogen-bond donors (Lipinski definition) is 1. The van der Waals surface area contributed by atoms with Crippen LogP contribution < -0.4 is 5.73 Å². The molecule has 0 atom stereocenters. The summed E-state index contributed by atoms with van der Waals surface area (Å²) in [6, 6.07) is 18.3. The normalized spacial score (nSPS) is 12.3. The lowest BCUT2D eigenvalue weighted by Gasteiger charge is -2.03. The van der Waals surface area contributed by atoms with E-state index >= 15 is 0 Å². The predicted molar refractivity (Wildman–Crippen MR) is 102 cm³/mol. The third-order valence-corrected chi connectivity index (χ3v) is 4.55. The number of rotatable bonds is 2. The number of nitrogen functional groups attached to an aromatic ring is 1. The third kappa shape index (κ3) is 2.13. The summed E-state index contributed by atoms with van der Waals surface area (Å²) in [5.41, 5.74) is 9.10. The number of ketones is 1. The highest BCUT2D eigenvalue weighted by Gasteiger charge is 2.33. The summed E-state index contributed by atoms with van der Waals surface area (Å²) in [6.07, 6.45) is 0. The minimum atomic E-state index is -0.252. The summed E-state index contributed by atoms with van der Waals surface area (Å²) in [6.45, 7) is 0. The topological polar surface area (TPSA) is 122 Å². The van der Waals surface area contributed by atoms with Crippen molar-refractivity contribution in [3.05, 3.63) is 71.4 Å². The quantitative estimate of drug-likeness (QED) is 0.477. The molecular weight excluding hydrogens is 354 g/mol. The lowest BCUT2D eigenvalue weighted by atomic mass is 10.1. The van der Waals surface area contributed by atoms with Crippen molar-refractivity contribution in [3.8, 4) is 17.3 Å². The Balaban J connectivity index is 1.78. The second-order valence-electron chi connectivity index (χ2n) is 6.18. The van der Waals surface area contributed by atoms with Crippen LogP contribution in [0.1, 0.15) is 21.6 Å². The van der Waals surface area contributed by atoms with Crippen LogP contribution in [-0.4, -0.2) is 20.4 Å². The van der Waals surface area contributed by atoms with Crippen molar-refractivity contribution in [1.82, 2.24) is 14.6 Å². The average molecular weight is 365 g/mol. The highest BCUT2D eigenvalue weighted by atomic mass is 16.1. The molecule has 8 nitrogen and oxygen atoms in total. The molecule has 0 spiro atoms. The molecule has 1 aliphatic rings. The molecule has 0 radical (unpaired) electrons. The van der Waals surface area contributed by atoms with Gasteiger partial charge in [0.15, 0.2) is 28.6 Å². The molecule has 28 heavy (non-hydrogen) atoms. The number of aromatic nitrogens is 3.